The van der Waals surface area contributed by atoms with E-state index in [4.69, 9.17) is 16.5 Å². The lowest BCUT2D eigenvalue weighted by molar-refractivity contribution is 1.30. The van der Waals surface area contributed by atoms with Crippen molar-refractivity contribution in [2.24, 2.45) is 0 Å². The summed E-state index contributed by atoms with van der Waals surface area (Å²) >= 11 is 0. The largest absolute Gasteiger partial charge is 0.244 e. The molecule has 0 radical (unpaired) electrons. The maximum atomic E-state index is 7.25. The normalized spacial score (nSPS) is 11.2. The van der Waals surface area contributed by atoms with Crippen LogP contribution in [0.5, 0.6) is 0 Å². The van der Waals surface area contributed by atoms with Crippen molar-refractivity contribution in [3.8, 4) is 55.9 Å². The van der Waals surface area contributed by atoms with Gasteiger partial charge in [-0.1, -0.05) is 164 Å². The fourth-order valence-electron chi connectivity index (χ4n) is 7.00. The molecule has 9 rings (SSSR count). The van der Waals surface area contributed by atoms with Gasteiger partial charge in [0, 0.05) is 11.1 Å². The minimum absolute atomic E-state index is 0.647. The molecule has 0 unspecified atom stereocenters. The summed E-state index contributed by atoms with van der Waals surface area (Å²) < 4.78 is 0. The lowest BCUT2D eigenvalue weighted by atomic mass is 9.91. The van der Waals surface area contributed by atoms with Gasteiger partial charge in [0.05, 0.1) is 29.0 Å². The van der Waals surface area contributed by atoms with Crippen LogP contribution in [-0.4, -0.2) is 9.97 Å². The molecule has 0 spiro atoms. The van der Waals surface area contributed by atoms with Crippen molar-refractivity contribution in [3.63, 3.8) is 0 Å². The van der Waals surface area contributed by atoms with Gasteiger partial charge in [0.2, 0.25) is 0 Å². The standard InChI is InChI=1S/C47H29N3/c1-48-37-27-25-32(26-28-37)31-17-19-35(20-18-31)40-29-30-43(42-13-5-4-12-41(40)42)47-46(49-44-15-6-7-16-45(44)50-47)36-23-21-34(22-24-36)39-14-8-10-33-9-2-3-11-38(33)39/h2-30H. The van der Waals surface area contributed by atoms with Crippen LogP contribution in [0.25, 0.3) is 93.3 Å². The van der Waals surface area contributed by atoms with Crippen LogP contribution in [0.15, 0.2) is 176 Å². The Morgan fingerprint density at radius 2 is 0.800 bits per heavy atom. The summed E-state index contributed by atoms with van der Waals surface area (Å²) in [6.45, 7) is 7.25. The third-order valence-corrected chi connectivity index (χ3v) is 9.53. The molecule has 232 valence electrons. The van der Waals surface area contributed by atoms with E-state index in [1.165, 1.54) is 21.9 Å². The molecule has 0 fully saturated rings. The van der Waals surface area contributed by atoms with Gasteiger partial charge in [-0.25, -0.2) is 14.8 Å². The van der Waals surface area contributed by atoms with Gasteiger partial charge in [0.25, 0.3) is 0 Å². The minimum atomic E-state index is 0.647. The second-order valence-corrected chi connectivity index (χ2v) is 12.5. The zero-order chi connectivity index (χ0) is 33.4. The van der Waals surface area contributed by atoms with E-state index in [0.29, 0.717) is 5.69 Å². The van der Waals surface area contributed by atoms with Gasteiger partial charge in [-0.05, 0) is 67.1 Å². The monoisotopic (exact) mass is 635 g/mol. The first kappa shape index (κ1) is 29.3. The molecule has 1 heterocycles. The zero-order valence-electron chi connectivity index (χ0n) is 27.1. The van der Waals surface area contributed by atoms with Gasteiger partial charge in [0.1, 0.15) is 0 Å². The molecule has 0 saturated carbocycles. The summed E-state index contributed by atoms with van der Waals surface area (Å²) in [5.74, 6) is 0. The molecule has 3 nitrogen and oxygen atoms in total. The molecule has 0 aliphatic heterocycles. The van der Waals surface area contributed by atoms with E-state index in [1.807, 2.05) is 48.5 Å². The summed E-state index contributed by atoms with van der Waals surface area (Å²) in [6, 6.07) is 61.2. The second kappa shape index (κ2) is 12.3. The SMILES string of the molecule is [C-]#[N+]c1ccc(-c2ccc(-c3ccc(-c4nc5ccccc5nc4-c4ccc(-c5cccc6ccccc56)cc4)c4ccccc34)cc2)cc1. The number of rotatable bonds is 5. The van der Waals surface area contributed by atoms with Gasteiger partial charge < -0.3 is 0 Å². The average Bonchev–Trinajstić information content (AvgIpc) is 3.20. The first-order valence-corrected chi connectivity index (χ1v) is 16.7. The molecule has 0 saturated heterocycles. The van der Waals surface area contributed by atoms with Crippen molar-refractivity contribution >= 4 is 38.3 Å². The lowest BCUT2D eigenvalue weighted by Crippen LogP contribution is -1.97. The van der Waals surface area contributed by atoms with Gasteiger partial charge in [-0.2, -0.15) is 0 Å². The summed E-state index contributed by atoms with van der Waals surface area (Å²) in [7, 11) is 0. The van der Waals surface area contributed by atoms with Crippen molar-refractivity contribution in [2.45, 2.75) is 0 Å². The molecular weight excluding hydrogens is 607 g/mol. The van der Waals surface area contributed by atoms with Crippen LogP contribution < -0.4 is 0 Å². The third-order valence-electron chi connectivity index (χ3n) is 9.53. The number of benzene rings is 8. The number of aromatic nitrogens is 2. The van der Waals surface area contributed by atoms with Gasteiger partial charge in [-0.3, -0.25) is 0 Å². The lowest BCUT2D eigenvalue weighted by Gasteiger charge is -2.16. The zero-order valence-corrected chi connectivity index (χ0v) is 27.1. The predicted molar refractivity (Wildman–Crippen MR) is 208 cm³/mol. The van der Waals surface area contributed by atoms with Crippen LogP contribution in [-0.2, 0) is 0 Å². The number of hydrogen-bond donors (Lipinski definition) is 0. The summed E-state index contributed by atoms with van der Waals surface area (Å²) in [4.78, 5) is 14.0. The molecule has 0 amide bonds. The summed E-state index contributed by atoms with van der Waals surface area (Å²) in [5, 5.41) is 4.76. The molecule has 8 aromatic carbocycles. The molecule has 1 aromatic heterocycles. The number of nitrogens with zero attached hydrogens (tertiary/aromatic N) is 3. The Bertz CT molecular complexity index is 2730. The second-order valence-electron chi connectivity index (χ2n) is 12.5. The van der Waals surface area contributed by atoms with E-state index >= 15 is 0 Å². The Hall–Kier alpha value is -6.89. The highest BCUT2D eigenvalue weighted by atomic mass is 14.8. The highest BCUT2D eigenvalue weighted by molar-refractivity contribution is 6.06. The van der Waals surface area contributed by atoms with Gasteiger partial charge in [-0.15, -0.1) is 0 Å². The maximum absolute atomic E-state index is 7.25. The molecule has 0 bridgehead atoms. The van der Waals surface area contributed by atoms with E-state index < -0.39 is 0 Å². The molecule has 3 heteroatoms. The van der Waals surface area contributed by atoms with Crippen LogP contribution in [0.2, 0.25) is 0 Å². The molecule has 50 heavy (non-hydrogen) atoms. The predicted octanol–water partition coefficient (Wildman–Crippen LogP) is 12.8. The van der Waals surface area contributed by atoms with Crippen molar-refractivity contribution in [3.05, 3.63) is 187 Å². The Balaban J connectivity index is 1.15. The number of hydrogen-bond acceptors (Lipinski definition) is 2. The Morgan fingerprint density at radius 1 is 0.340 bits per heavy atom. The van der Waals surface area contributed by atoms with Crippen molar-refractivity contribution in [2.75, 3.05) is 0 Å². The highest BCUT2D eigenvalue weighted by Crippen LogP contribution is 2.40. The van der Waals surface area contributed by atoms with Crippen LogP contribution in [0.1, 0.15) is 0 Å². The van der Waals surface area contributed by atoms with Crippen LogP contribution in [0, 0.1) is 6.57 Å². The first-order chi connectivity index (χ1) is 24.7. The molecule has 0 atom stereocenters. The fraction of sp³-hybridized carbons (Fsp3) is 0. The molecule has 0 aliphatic carbocycles. The minimum Gasteiger partial charge on any atom is -0.244 e. The maximum Gasteiger partial charge on any atom is 0.187 e. The Labute approximate surface area is 290 Å². The van der Waals surface area contributed by atoms with Crippen molar-refractivity contribution < 1.29 is 0 Å². The smallest absolute Gasteiger partial charge is 0.187 e. The van der Waals surface area contributed by atoms with E-state index in [2.05, 4.69) is 132 Å². The molecule has 9 aromatic rings. The fourth-order valence-corrected chi connectivity index (χ4v) is 7.00. The Morgan fingerprint density at radius 3 is 1.46 bits per heavy atom. The van der Waals surface area contributed by atoms with E-state index in [9.17, 15) is 0 Å². The molecule has 0 aliphatic rings. The van der Waals surface area contributed by atoms with E-state index in [0.717, 1.165) is 66.6 Å². The first-order valence-electron chi connectivity index (χ1n) is 16.7. The number of para-hydroxylation sites is 2. The van der Waals surface area contributed by atoms with Crippen molar-refractivity contribution in [1.82, 2.24) is 9.97 Å². The van der Waals surface area contributed by atoms with Crippen LogP contribution in [0.3, 0.4) is 0 Å². The van der Waals surface area contributed by atoms with Crippen LogP contribution in [0.4, 0.5) is 5.69 Å². The Kier molecular flexibility index (Phi) is 7.19. The van der Waals surface area contributed by atoms with Crippen molar-refractivity contribution in [1.29, 1.82) is 0 Å². The number of fused-ring (bicyclic) bond motifs is 3. The quantitative estimate of drug-likeness (QED) is 0.176. The van der Waals surface area contributed by atoms with E-state index in [1.54, 1.807) is 0 Å². The van der Waals surface area contributed by atoms with Gasteiger partial charge in [0.15, 0.2) is 5.69 Å². The highest BCUT2D eigenvalue weighted by Gasteiger charge is 2.18. The summed E-state index contributed by atoms with van der Waals surface area (Å²) in [6.07, 6.45) is 0. The van der Waals surface area contributed by atoms with Gasteiger partial charge >= 0.3 is 0 Å². The van der Waals surface area contributed by atoms with E-state index in [-0.39, 0.29) is 0 Å². The van der Waals surface area contributed by atoms with Crippen LogP contribution >= 0.6 is 0 Å². The topological polar surface area (TPSA) is 30.1 Å². The molecule has 0 N–H and O–H groups in total. The third kappa shape index (κ3) is 5.17. The molecular formula is C47H29N3. The average molecular weight is 636 g/mol. The summed E-state index contributed by atoms with van der Waals surface area (Å²) in [5.41, 5.74) is 13.1.